The molecule has 0 aromatic heterocycles. The lowest BCUT2D eigenvalue weighted by Gasteiger charge is -2.20. The number of nitrogens with zero attached hydrogens (tertiary/aromatic N) is 1. The van der Waals surface area contributed by atoms with Crippen molar-refractivity contribution in [2.24, 2.45) is 0 Å². The number of rotatable bonds is 1. The Hall–Kier alpha value is -1.06. The van der Waals surface area contributed by atoms with E-state index < -0.39 is 0 Å². The van der Waals surface area contributed by atoms with Crippen LogP contribution in [0.5, 0.6) is 0 Å². The summed E-state index contributed by atoms with van der Waals surface area (Å²) >= 11 is 0. The molecule has 82 valence electrons. The maximum atomic E-state index is 11.1. The van der Waals surface area contributed by atoms with Crippen LogP contribution in [0.3, 0.4) is 0 Å². The number of carbonyl (C=O) groups is 2. The molecule has 0 N–H and O–H groups in total. The van der Waals surface area contributed by atoms with E-state index in [1.807, 2.05) is 13.8 Å². The fraction of sp³-hybridized carbons (Fsp3) is 0.800. The molecule has 1 atom stereocenters. The summed E-state index contributed by atoms with van der Waals surface area (Å²) in [6.07, 6.45) is 1.62. The molecule has 4 heteroatoms. The third-order valence-corrected chi connectivity index (χ3v) is 2.13. The van der Waals surface area contributed by atoms with Crippen molar-refractivity contribution < 1.29 is 14.3 Å². The number of carbonyl (C=O) groups excluding carboxylic acids is 2. The van der Waals surface area contributed by atoms with Gasteiger partial charge >= 0.3 is 5.97 Å². The molecular weight excluding hydrogens is 182 g/mol. The number of hydrogen-bond donors (Lipinski definition) is 0. The molecule has 0 aromatic carbocycles. The summed E-state index contributed by atoms with van der Waals surface area (Å²) < 4.78 is 4.58. The number of methoxy groups -OCH3 is 1. The fourth-order valence-electron chi connectivity index (χ4n) is 1.52. The standard InChI is InChI=1S/C8H13NO3.C2H6/c1-6(10)9-5-3-4-7(9)8(11)12-2;1-2/h7H,3-5H2,1-2H3;1-2H3. The van der Waals surface area contributed by atoms with Crippen LogP contribution >= 0.6 is 0 Å². The number of ether oxygens (including phenoxy) is 1. The van der Waals surface area contributed by atoms with Gasteiger partial charge in [0.15, 0.2) is 0 Å². The summed E-state index contributed by atoms with van der Waals surface area (Å²) in [7, 11) is 1.35. The van der Waals surface area contributed by atoms with Crippen LogP contribution in [0.1, 0.15) is 33.6 Å². The monoisotopic (exact) mass is 201 g/mol. The maximum Gasteiger partial charge on any atom is 0.328 e. The summed E-state index contributed by atoms with van der Waals surface area (Å²) in [6.45, 7) is 6.15. The Morgan fingerprint density at radius 2 is 1.93 bits per heavy atom. The minimum Gasteiger partial charge on any atom is -0.467 e. The van der Waals surface area contributed by atoms with Crippen LogP contribution in [-0.4, -0.2) is 36.5 Å². The Kier molecular flexibility index (Phi) is 5.92. The highest BCUT2D eigenvalue weighted by atomic mass is 16.5. The highest BCUT2D eigenvalue weighted by molar-refractivity contribution is 5.83. The first-order valence-electron chi connectivity index (χ1n) is 5.02. The summed E-state index contributed by atoms with van der Waals surface area (Å²) in [5.74, 6) is -0.356. The van der Waals surface area contributed by atoms with Gasteiger partial charge in [-0.15, -0.1) is 0 Å². The zero-order chi connectivity index (χ0) is 11.1. The van der Waals surface area contributed by atoms with E-state index in [4.69, 9.17) is 0 Å². The van der Waals surface area contributed by atoms with E-state index in [0.717, 1.165) is 12.8 Å². The lowest BCUT2D eigenvalue weighted by Crippen LogP contribution is -2.39. The first kappa shape index (κ1) is 12.9. The third-order valence-electron chi connectivity index (χ3n) is 2.13. The van der Waals surface area contributed by atoms with Crippen LogP contribution in [-0.2, 0) is 14.3 Å². The highest BCUT2D eigenvalue weighted by Crippen LogP contribution is 2.17. The van der Waals surface area contributed by atoms with Gasteiger partial charge < -0.3 is 9.64 Å². The molecule has 1 saturated heterocycles. The molecule has 0 spiro atoms. The smallest absolute Gasteiger partial charge is 0.328 e. The van der Waals surface area contributed by atoms with Gasteiger partial charge in [-0.25, -0.2) is 4.79 Å². The maximum absolute atomic E-state index is 11.1. The van der Waals surface area contributed by atoms with Crippen molar-refractivity contribution in [1.29, 1.82) is 0 Å². The molecule has 0 aliphatic carbocycles. The fourth-order valence-corrected chi connectivity index (χ4v) is 1.52. The third kappa shape index (κ3) is 3.01. The van der Waals surface area contributed by atoms with Crippen molar-refractivity contribution in [2.75, 3.05) is 13.7 Å². The molecule has 1 unspecified atom stereocenters. The molecule has 1 amide bonds. The second-order valence-corrected chi connectivity index (χ2v) is 2.89. The lowest BCUT2D eigenvalue weighted by molar-refractivity contribution is -0.150. The molecular formula is C10H19NO3. The molecule has 1 aliphatic rings. The lowest BCUT2D eigenvalue weighted by atomic mass is 10.2. The topological polar surface area (TPSA) is 46.6 Å². The van der Waals surface area contributed by atoms with Gasteiger partial charge in [-0.3, -0.25) is 4.79 Å². The Balaban J connectivity index is 0.000000791. The second kappa shape index (κ2) is 6.40. The molecule has 4 nitrogen and oxygen atoms in total. The predicted molar refractivity (Wildman–Crippen MR) is 53.8 cm³/mol. The van der Waals surface area contributed by atoms with Gasteiger partial charge in [-0.05, 0) is 12.8 Å². The Labute approximate surface area is 85.2 Å². The molecule has 14 heavy (non-hydrogen) atoms. The minimum atomic E-state index is -0.340. The summed E-state index contributed by atoms with van der Waals surface area (Å²) in [5, 5.41) is 0. The Morgan fingerprint density at radius 3 is 2.36 bits per heavy atom. The van der Waals surface area contributed by atoms with Crippen molar-refractivity contribution in [3.63, 3.8) is 0 Å². The molecule has 1 heterocycles. The van der Waals surface area contributed by atoms with E-state index in [-0.39, 0.29) is 17.9 Å². The van der Waals surface area contributed by atoms with Crippen molar-refractivity contribution in [3.05, 3.63) is 0 Å². The zero-order valence-corrected chi connectivity index (χ0v) is 9.37. The Morgan fingerprint density at radius 1 is 1.36 bits per heavy atom. The summed E-state index contributed by atoms with van der Waals surface area (Å²) in [4.78, 5) is 23.7. The van der Waals surface area contributed by atoms with Gasteiger partial charge in [0.2, 0.25) is 5.91 Å². The van der Waals surface area contributed by atoms with Gasteiger partial charge in [0, 0.05) is 13.5 Å². The van der Waals surface area contributed by atoms with Crippen molar-refractivity contribution in [2.45, 2.75) is 39.7 Å². The van der Waals surface area contributed by atoms with Crippen LogP contribution in [0, 0.1) is 0 Å². The van der Waals surface area contributed by atoms with Gasteiger partial charge in [0.25, 0.3) is 0 Å². The van der Waals surface area contributed by atoms with Gasteiger partial charge in [-0.1, -0.05) is 13.8 Å². The number of hydrogen-bond acceptors (Lipinski definition) is 3. The molecule has 0 radical (unpaired) electrons. The van der Waals surface area contributed by atoms with E-state index in [2.05, 4.69) is 4.74 Å². The quantitative estimate of drug-likeness (QED) is 0.599. The summed E-state index contributed by atoms with van der Waals surface area (Å²) in [5.41, 5.74) is 0. The van der Waals surface area contributed by atoms with Crippen molar-refractivity contribution >= 4 is 11.9 Å². The molecule has 0 aromatic rings. The van der Waals surface area contributed by atoms with Crippen LogP contribution in [0.4, 0.5) is 0 Å². The minimum absolute atomic E-state index is 0.0529. The number of esters is 1. The Bertz CT molecular complexity index is 204. The molecule has 0 bridgehead atoms. The van der Waals surface area contributed by atoms with Crippen LogP contribution in [0.2, 0.25) is 0 Å². The molecule has 1 rings (SSSR count). The van der Waals surface area contributed by atoms with Crippen LogP contribution in [0.25, 0.3) is 0 Å². The first-order valence-corrected chi connectivity index (χ1v) is 5.02. The zero-order valence-electron chi connectivity index (χ0n) is 9.37. The van der Waals surface area contributed by atoms with Gasteiger partial charge in [-0.2, -0.15) is 0 Å². The number of likely N-dealkylation sites (tertiary alicyclic amines) is 1. The van der Waals surface area contributed by atoms with Crippen molar-refractivity contribution in [3.8, 4) is 0 Å². The van der Waals surface area contributed by atoms with E-state index in [9.17, 15) is 9.59 Å². The van der Waals surface area contributed by atoms with Crippen molar-refractivity contribution in [1.82, 2.24) is 4.90 Å². The van der Waals surface area contributed by atoms with Gasteiger partial charge in [0.1, 0.15) is 6.04 Å². The van der Waals surface area contributed by atoms with Crippen LogP contribution < -0.4 is 0 Å². The van der Waals surface area contributed by atoms with E-state index in [1.54, 1.807) is 4.90 Å². The number of amides is 1. The average molecular weight is 201 g/mol. The molecule has 0 saturated carbocycles. The largest absolute Gasteiger partial charge is 0.467 e. The van der Waals surface area contributed by atoms with Gasteiger partial charge in [0.05, 0.1) is 7.11 Å². The summed E-state index contributed by atoms with van der Waals surface area (Å²) in [6, 6.07) is -0.340. The van der Waals surface area contributed by atoms with Crippen LogP contribution in [0.15, 0.2) is 0 Å². The molecule has 1 fully saturated rings. The van der Waals surface area contributed by atoms with E-state index in [1.165, 1.54) is 14.0 Å². The SMILES string of the molecule is CC.COC(=O)C1CCCN1C(C)=O. The van der Waals surface area contributed by atoms with E-state index in [0.29, 0.717) is 6.54 Å². The highest BCUT2D eigenvalue weighted by Gasteiger charge is 2.32. The normalized spacial score (nSPS) is 19.7. The predicted octanol–water partition coefficient (Wildman–Crippen LogP) is 1.20. The average Bonchev–Trinajstić information content (AvgIpc) is 2.68. The second-order valence-electron chi connectivity index (χ2n) is 2.89. The first-order chi connectivity index (χ1) is 6.66. The molecule has 1 aliphatic heterocycles. The van der Waals surface area contributed by atoms with E-state index >= 15 is 0 Å².